The number of likely N-dealkylation sites (tertiary alicyclic amines) is 1. The Kier molecular flexibility index (Phi) is 7.57. The number of hydrogen-bond acceptors (Lipinski definition) is 4. The number of rotatable bonds is 8. The molecule has 5 heteroatoms. The van der Waals surface area contributed by atoms with Gasteiger partial charge < -0.3 is 14.5 Å². The maximum Gasteiger partial charge on any atom is 0.150 e. The Morgan fingerprint density at radius 2 is 2.00 bits per heavy atom. The number of carbonyl (C=O) groups excluding carboxylic acids is 1. The highest BCUT2D eigenvalue weighted by atomic mass is 35.5. The van der Waals surface area contributed by atoms with Crippen LogP contribution in [0.25, 0.3) is 0 Å². The number of methoxy groups -OCH3 is 1. The van der Waals surface area contributed by atoms with E-state index >= 15 is 0 Å². The monoisotopic (exact) mass is 414 g/mol. The van der Waals surface area contributed by atoms with E-state index in [-0.39, 0.29) is 0 Å². The highest BCUT2D eigenvalue weighted by molar-refractivity contribution is 6.31. The molecule has 1 aliphatic rings. The van der Waals surface area contributed by atoms with Crippen LogP contribution in [0.1, 0.15) is 41.3 Å². The van der Waals surface area contributed by atoms with Gasteiger partial charge in [0.1, 0.15) is 12.0 Å². The molecule has 0 spiro atoms. The number of aldehydes is 1. The minimum absolute atomic E-state index is 0.477. The number of halogens is 1. The Morgan fingerprint density at radius 3 is 2.66 bits per heavy atom. The highest BCUT2D eigenvalue weighted by Crippen LogP contribution is 2.31. The van der Waals surface area contributed by atoms with Crippen molar-refractivity contribution in [1.29, 1.82) is 0 Å². The first-order valence-electron chi connectivity index (χ1n) is 10.4. The van der Waals surface area contributed by atoms with Crippen LogP contribution in [0.2, 0.25) is 5.02 Å². The second kappa shape index (κ2) is 10.1. The normalized spacial score (nSPS) is 15.3. The Morgan fingerprint density at radius 1 is 1.24 bits per heavy atom. The molecule has 0 N–H and O–H groups in total. The van der Waals surface area contributed by atoms with Crippen LogP contribution < -0.4 is 9.64 Å². The number of carbonyl (C=O) groups is 1. The lowest BCUT2D eigenvalue weighted by atomic mass is 9.99. The standard InChI is InChI=1S/C24H31ClN2O2/c1-4-27(24-16-21(25)15-20(17-28)18(24)2)22-9-12-26(13-10-22)11-8-19-6-5-7-23(14-19)29-3/h5-7,14-17,22H,4,8-13H2,1-3H3. The van der Waals surface area contributed by atoms with E-state index in [1.165, 1.54) is 5.56 Å². The fourth-order valence-electron chi connectivity index (χ4n) is 4.30. The summed E-state index contributed by atoms with van der Waals surface area (Å²) in [5.74, 6) is 0.923. The minimum Gasteiger partial charge on any atom is -0.497 e. The predicted molar refractivity (Wildman–Crippen MR) is 121 cm³/mol. The molecule has 29 heavy (non-hydrogen) atoms. The molecule has 0 amide bonds. The summed E-state index contributed by atoms with van der Waals surface area (Å²) in [4.78, 5) is 16.4. The molecule has 0 aromatic heterocycles. The first kappa shape index (κ1) is 21.7. The van der Waals surface area contributed by atoms with E-state index < -0.39 is 0 Å². The zero-order chi connectivity index (χ0) is 20.8. The smallest absolute Gasteiger partial charge is 0.150 e. The van der Waals surface area contributed by atoms with E-state index in [9.17, 15) is 4.79 Å². The highest BCUT2D eigenvalue weighted by Gasteiger charge is 2.25. The molecule has 4 nitrogen and oxygen atoms in total. The average Bonchev–Trinajstić information content (AvgIpc) is 2.75. The predicted octanol–water partition coefficient (Wildman–Crippen LogP) is 5.00. The van der Waals surface area contributed by atoms with Crippen molar-refractivity contribution in [2.75, 3.05) is 38.2 Å². The van der Waals surface area contributed by atoms with Crippen molar-refractivity contribution >= 4 is 23.6 Å². The Hall–Kier alpha value is -2.04. The summed E-state index contributed by atoms with van der Waals surface area (Å²) in [7, 11) is 1.71. The van der Waals surface area contributed by atoms with Crippen molar-refractivity contribution in [3.05, 3.63) is 58.1 Å². The molecule has 0 unspecified atom stereocenters. The number of ether oxygens (including phenoxy) is 1. The first-order chi connectivity index (χ1) is 14.0. The molecular formula is C24H31ClN2O2. The van der Waals surface area contributed by atoms with Gasteiger partial charge in [0, 0.05) is 48.5 Å². The molecule has 1 fully saturated rings. The molecule has 0 saturated carbocycles. The van der Waals surface area contributed by atoms with Gasteiger partial charge in [-0.25, -0.2) is 0 Å². The van der Waals surface area contributed by atoms with Crippen LogP contribution in [-0.4, -0.2) is 50.5 Å². The zero-order valence-electron chi connectivity index (χ0n) is 17.7. The summed E-state index contributed by atoms with van der Waals surface area (Å²) >= 11 is 6.28. The van der Waals surface area contributed by atoms with Crippen molar-refractivity contribution < 1.29 is 9.53 Å². The van der Waals surface area contributed by atoms with Crippen molar-refractivity contribution in [3.63, 3.8) is 0 Å². The van der Waals surface area contributed by atoms with Crippen LogP contribution in [0.4, 0.5) is 5.69 Å². The SMILES string of the molecule is CCN(c1cc(Cl)cc(C=O)c1C)C1CCN(CCc2cccc(OC)c2)CC1. The van der Waals surface area contributed by atoms with Crippen LogP contribution in [0.15, 0.2) is 36.4 Å². The van der Waals surface area contributed by atoms with Gasteiger partial charge in [-0.2, -0.15) is 0 Å². The molecule has 156 valence electrons. The average molecular weight is 415 g/mol. The summed E-state index contributed by atoms with van der Waals surface area (Å²) in [5.41, 5.74) is 4.11. The van der Waals surface area contributed by atoms with Crippen LogP contribution in [0, 0.1) is 6.92 Å². The van der Waals surface area contributed by atoms with E-state index in [0.717, 1.165) is 68.7 Å². The van der Waals surface area contributed by atoms with E-state index in [1.54, 1.807) is 13.2 Å². The maximum absolute atomic E-state index is 11.4. The van der Waals surface area contributed by atoms with Crippen LogP contribution >= 0.6 is 11.6 Å². The molecule has 0 radical (unpaired) electrons. The zero-order valence-corrected chi connectivity index (χ0v) is 18.4. The Labute approximate surface area is 179 Å². The second-order valence-electron chi connectivity index (χ2n) is 7.72. The van der Waals surface area contributed by atoms with Gasteiger partial charge in [-0.1, -0.05) is 23.7 Å². The third-order valence-corrected chi connectivity index (χ3v) is 6.23. The van der Waals surface area contributed by atoms with E-state index in [2.05, 4.69) is 34.9 Å². The lowest BCUT2D eigenvalue weighted by Crippen LogP contribution is -2.45. The molecule has 1 aliphatic heterocycles. The topological polar surface area (TPSA) is 32.8 Å². The number of anilines is 1. The first-order valence-corrected chi connectivity index (χ1v) is 10.8. The number of nitrogens with zero attached hydrogens (tertiary/aromatic N) is 2. The molecular weight excluding hydrogens is 384 g/mol. The van der Waals surface area contributed by atoms with Gasteiger partial charge in [0.2, 0.25) is 0 Å². The minimum atomic E-state index is 0.477. The summed E-state index contributed by atoms with van der Waals surface area (Å²) in [6.45, 7) is 8.35. The van der Waals surface area contributed by atoms with Gasteiger partial charge >= 0.3 is 0 Å². The van der Waals surface area contributed by atoms with Crippen LogP contribution in [-0.2, 0) is 6.42 Å². The van der Waals surface area contributed by atoms with Gasteiger partial charge in [-0.3, -0.25) is 4.79 Å². The lowest BCUT2D eigenvalue weighted by molar-refractivity contribution is 0.112. The summed E-state index contributed by atoms with van der Waals surface area (Å²) in [6, 6.07) is 12.6. The van der Waals surface area contributed by atoms with Crippen LogP contribution in [0.5, 0.6) is 5.75 Å². The lowest BCUT2D eigenvalue weighted by Gasteiger charge is -2.40. The molecule has 2 aromatic carbocycles. The van der Waals surface area contributed by atoms with Crippen molar-refractivity contribution in [2.45, 2.75) is 39.2 Å². The second-order valence-corrected chi connectivity index (χ2v) is 8.15. The maximum atomic E-state index is 11.4. The largest absolute Gasteiger partial charge is 0.497 e. The molecule has 2 aromatic rings. The van der Waals surface area contributed by atoms with Crippen molar-refractivity contribution in [2.24, 2.45) is 0 Å². The summed E-state index contributed by atoms with van der Waals surface area (Å²) in [6.07, 6.45) is 4.18. The van der Waals surface area contributed by atoms with Gasteiger partial charge in [0.15, 0.2) is 0 Å². The van der Waals surface area contributed by atoms with E-state index in [0.29, 0.717) is 16.6 Å². The van der Waals surface area contributed by atoms with Gasteiger partial charge in [-0.05, 0) is 68.5 Å². The van der Waals surface area contributed by atoms with Gasteiger partial charge in [0.25, 0.3) is 0 Å². The number of piperidine rings is 1. The van der Waals surface area contributed by atoms with Crippen molar-refractivity contribution in [1.82, 2.24) is 4.90 Å². The third-order valence-electron chi connectivity index (χ3n) is 6.01. The fourth-order valence-corrected chi connectivity index (χ4v) is 4.52. The molecule has 0 bridgehead atoms. The Bertz CT molecular complexity index is 832. The molecule has 3 rings (SSSR count). The quantitative estimate of drug-likeness (QED) is 0.569. The van der Waals surface area contributed by atoms with Gasteiger partial charge in [-0.15, -0.1) is 0 Å². The van der Waals surface area contributed by atoms with E-state index in [4.69, 9.17) is 16.3 Å². The van der Waals surface area contributed by atoms with E-state index in [1.807, 2.05) is 19.1 Å². The summed E-state index contributed by atoms with van der Waals surface area (Å²) in [5, 5.41) is 0.627. The molecule has 0 atom stereocenters. The number of hydrogen-bond donors (Lipinski definition) is 0. The third kappa shape index (κ3) is 5.31. The van der Waals surface area contributed by atoms with Crippen molar-refractivity contribution in [3.8, 4) is 5.75 Å². The molecule has 1 saturated heterocycles. The Balaban J connectivity index is 1.60. The van der Waals surface area contributed by atoms with Gasteiger partial charge in [0.05, 0.1) is 7.11 Å². The fraction of sp³-hybridized carbons (Fsp3) is 0.458. The molecule has 1 heterocycles. The summed E-state index contributed by atoms with van der Waals surface area (Å²) < 4.78 is 5.33. The number of benzene rings is 2. The molecule has 0 aliphatic carbocycles. The van der Waals surface area contributed by atoms with Crippen LogP contribution in [0.3, 0.4) is 0 Å².